The molecule has 1 aliphatic heterocycles. The summed E-state index contributed by atoms with van der Waals surface area (Å²) in [6, 6.07) is 13.4. The minimum Gasteiger partial charge on any atom is -0.493 e. The highest BCUT2D eigenvalue weighted by Crippen LogP contribution is 2.28. The molecular weight excluding hydrogens is 438 g/mol. The van der Waals surface area contributed by atoms with Crippen LogP contribution in [0.25, 0.3) is 0 Å². The van der Waals surface area contributed by atoms with Gasteiger partial charge in [-0.05, 0) is 41.5 Å². The standard InChI is InChI=1S/C21H24BrN3O4/c1-27-20-12-17(13-23-24-21(26)14-25-8-10-28-11-9-25)4-7-19(20)29-15-16-2-5-18(22)6-3-16/h2-7,12-13H,8-11,14-15H2,1H3,(H,24,26)/b23-13+. The Labute approximate surface area is 178 Å². The van der Waals surface area contributed by atoms with E-state index in [0.717, 1.165) is 28.7 Å². The van der Waals surface area contributed by atoms with Crippen molar-refractivity contribution < 1.29 is 19.0 Å². The molecule has 0 spiro atoms. The van der Waals surface area contributed by atoms with Crippen LogP contribution in [0.2, 0.25) is 0 Å². The second kappa shape index (κ2) is 10.9. The zero-order chi connectivity index (χ0) is 20.5. The summed E-state index contributed by atoms with van der Waals surface area (Å²) in [7, 11) is 1.59. The van der Waals surface area contributed by atoms with Crippen molar-refractivity contribution in [2.45, 2.75) is 6.61 Å². The lowest BCUT2D eigenvalue weighted by Crippen LogP contribution is -2.42. The van der Waals surface area contributed by atoms with Gasteiger partial charge in [0.2, 0.25) is 0 Å². The number of halogens is 1. The molecule has 0 aliphatic carbocycles. The van der Waals surface area contributed by atoms with E-state index >= 15 is 0 Å². The maximum atomic E-state index is 12.0. The Hall–Kier alpha value is -2.42. The molecule has 154 valence electrons. The number of hydrogen-bond acceptors (Lipinski definition) is 6. The van der Waals surface area contributed by atoms with Gasteiger partial charge in [-0.1, -0.05) is 28.1 Å². The van der Waals surface area contributed by atoms with E-state index in [1.807, 2.05) is 47.4 Å². The van der Waals surface area contributed by atoms with Crippen molar-refractivity contribution in [3.8, 4) is 11.5 Å². The van der Waals surface area contributed by atoms with Crippen LogP contribution in [0.1, 0.15) is 11.1 Å². The predicted octanol–water partition coefficient (Wildman–Crippen LogP) is 2.82. The molecule has 2 aromatic rings. The maximum Gasteiger partial charge on any atom is 0.254 e. The summed E-state index contributed by atoms with van der Waals surface area (Å²) in [5, 5.41) is 4.03. The van der Waals surface area contributed by atoms with Gasteiger partial charge in [-0.3, -0.25) is 9.69 Å². The van der Waals surface area contributed by atoms with Gasteiger partial charge in [0, 0.05) is 17.6 Å². The summed E-state index contributed by atoms with van der Waals surface area (Å²) in [5.41, 5.74) is 4.41. The number of carbonyl (C=O) groups excluding carboxylic acids is 1. The van der Waals surface area contributed by atoms with Gasteiger partial charge in [-0.25, -0.2) is 5.43 Å². The summed E-state index contributed by atoms with van der Waals surface area (Å²) in [4.78, 5) is 14.0. The van der Waals surface area contributed by atoms with Gasteiger partial charge in [-0.15, -0.1) is 0 Å². The van der Waals surface area contributed by atoms with Crippen molar-refractivity contribution in [2.24, 2.45) is 5.10 Å². The number of nitrogens with zero attached hydrogens (tertiary/aromatic N) is 2. The molecule has 0 radical (unpaired) electrons. The Kier molecular flexibility index (Phi) is 8.03. The van der Waals surface area contributed by atoms with Crippen LogP contribution < -0.4 is 14.9 Å². The Morgan fingerprint density at radius 3 is 2.69 bits per heavy atom. The number of methoxy groups -OCH3 is 1. The monoisotopic (exact) mass is 461 g/mol. The quantitative estimate of drug-likeness (QED) is 0.483. The van der Waals surface area contributed by atoms with Gasteiger partial charge in [-0.2, -0.15) is 5.10 Å². The van der Waals surface area contributed by atoms with Crippen LogP contribution in [0.15, 0.2) is 52.0 Å². The highest BCUT2D eigenvalue weighted by molar-refractivity contribution is 9.10. The molecule has 0 bridgehead atoms. The van der Waals surface area contributed by atoms with Crippen molar-refractivity contribution in [3.63, 3.8) is 0 Å². The Balaban J connectivity index is 1.52. The molecule has 0 aromatic heterocycles. The van der Waals surface area contributed by atoms with Crippen LogP contribution in [0.4, 0.5) is 0 Å². The van der Waals surface area contributed by atoms with Crippen molar-refractivity contribution >= 4 is 28.1 Å². The van der Waals surface area contributed by atoms with E-state index in [2.05, 4.69) is 26.5 Å². The molecule has 7 nitrogen and oxygen atoms in total. The summed E-state index contributed by atoms with van der Waals surface area (Å²) in [5.74, 6) is 1.10. The first kappa shape index (κ1) is 21.3. The van der Waals surface area contributed by atoms with E-state index in [-0.39, 0.29) is 5.91 Å². The van der Waals surface area contributed by atoms with Gasteiger partial charge in [0.05, 0.1) is 33.1 Å². The number of rotatable bonds is 8. The highest BCUT2D eigenvalue weighted by atomic mass is 79.9. The average Bonchev–Trinajstić information content (AvgIpc) is 2.74. The third-order valence-corrected chi connectivity index (χ3v) is 4.90. The number of amides is 1. The van der Waals surface area contributed by atoms with Crippen molar-refractivity contribution in [1.29, 1.82) is 0 Å². The molecule has 0 saturated carbocycles. The summed E-state index contributed by atoms with van der Waals surface area (Å²) >= 11 is 3.42. The number of nitrogens with one attached hydrogen (secondary N) is 1. The van der Waals surface area contributed by atoms with E-state index in [9.17, 15) is 4.79 Å². The third-order valence-electron chi connectivity index (χ3n) is 4.37. The first-order valence-corrected chi connectivity index (χ1v) is 10.1. The summed E-state index contributed by atoms with van der Waals surface area (Å²) in [6.07, 6.45) is 1.58. The molecule has 2 aromatic carbocycles. The van der Waals surface area contributed by atoms with Crippen LogP contribution in [0, 0.1) is 0 Å². The van der Waals surface area contributed by atoms with Crippen molar-refractivity contribution in [3.05, 3.63) is 58.1 Å². The van der Waals surface area contributed by atoms with Crippen LogP contribution in [0.5, 0.6) is 11.5 Å². The fraction of sp³-hybridized carbons (Fsp3) is 0.333. The Bertz CT molecular complexity index is 836. The van der Waals surface area contributed by atoms with Gasteiger partial charge >= 0.3 is 0 Å². The molecule has 1 N–H and O–H groups in total. The minimum absolute atomic E-state index is 0.149. The lowest BCUT2D eigenvalue weighted by atomic mass is 10.2. The lowest BCUT2D eigenvalue weighted by Gasteiger charge is -2.25. The van der Waals surface area contributed by atoms with Gasteiger partial charge in [0.1, 0.15) is 6.61 Å². The topological polar surface area (TPSA) is 72.4 Å². The smallest absolute Gasteiger partial charge is 0.254 e. The predicted molar refractivity (Wildman–Crippen MR) is 114 cm³/mol. The second-order valence-electron chi connectivity index (χ2n) is 6.51. The summed E-state index contributed by atoms with van der Waals surface area (Å²) < 4.78 is 17.6. The Morgan fingerprint density at radius 2 is 1.97 bits per heavy atom. The first-order valence-electron chi connectivity index (χ1n) is 9.31. The number of benzene rings is 2. The zero-order valence-corrected chi connectivity index (χ0v) is 17.9. The maximum absolute atomic E-state index is 12.0. The molecule has 1 fully saturated rings. The molecule has 3 rings (SSSR count). The molecule has 29 heavy (non-hydrogen) atoms. The third kappa shape index (κ3) is 6.85. The van der Waals surface area contributed by atoms with Gasteiger partial charge in [0.25, 0.3) is 5.91 Å². The SMILES string of the molecule is COc1cc(/C=N/NC(=O)CN2CCOCC2)ccc1OCc1ccc(Br)cc1. The van der Waals surface area contributed by atoms with E-state index in [1.54, 1.807) is 13.3 Å². The highest BCUT2D eigenvalue weighted by Gasteiger charge is 2.13. The molecule has 0 atom stereocenters. The zero-order valence-electron chi connectivity index (χ0n) is 16.3. The van der Waals surface area contributed by atoms with Crippen LogP contribution in [0.3, 0.4) is 0 Å². The van der Waals surface area contributed by atoms with E-state index in [4.69, 9.17) is 14.2 Å². The van der Waals surface area contributed by atoms with Crippen molar-refractivity contribution in [1.82, 2.24) is 10.3 Å². The number of hydrogen-bond donors (Lipinski definition) is 1. The van der Waals surface area contributed by atoms with Crippen LogP contribution in [-0.4, -0.2) is 57.0 Å². The van der Waals surface area contributed by atoms with Crippen LogP contribution in [-0.2, 0) is 16.1 Å². The normalized spacial score (nSPS) is 14.7. The molecule has 1 heterocycles. The Morgan fingerprint density at radius 1 is 1.21 bits per heavy atom. The fourth-order valence-corrected chi connectivity index (χ4v) is 3.07. The number of ether oxygens (including phenoxy) is 3. The van der Waals surface area contributed by atoms with E-state index < -0.39 is 0 Å². The van der Waals surface area contributed by atoms with Gasteiger partial charge < -0.3 is 14.2 Å². The first-order chi connectivity index (χ1) is 14.1. The number of morpholine rings is 1. The fourth-order valence-electron chi connectivity index (χ4n) is 2.80. The van der Waals surface area contributed by atoms with E-state index in [1.165, 1.54) is 0 Å². The second-order valence-corrected chi connectivity index (χ2v) is 7.42. The molecule has 8 heteroatoms. The molecular formula is C21H24BrN3O4. The largest absolute Gasteiger partial charge is 0.493 e. The summed E-state index contributed by atoms with van der Waals surface area (Å²) in [6.45, 7) is 3.59. The van der Waals surface area contributed by atoms with E-state index in [0.29, 0.717) is 37.9 Å². The molecule has 1 saturated heterocycles. The molecule has 1 aliphatic rings. The minimum atomic E-state index is -0.149. The van der Waals surface area contributed by atoms with Gasteiger partial charge in [0.15, 0.2) is 11.5 Å². The van der Waals surface area contributed by atoms with Crippen molar-refractivity contribution in [2.75, 3.05) is 40.0 Å². The number of carbonyl (C=O) groups is 1. The average molecular weight is 462 g/mol. The lowest BCUT2D eigenvalue weighted by molar-refractivity contribution is -0.123. The molecule has 1 amide bonds. The van der Waals surface area contributed by atoms with Crippen LogP contribution >= 0.6 is 15.9 Å². The molecule has 0 unspecified atom stereocenters. The number of hydrazone groups is 1.